The maximum atomic E-state index is 12.6. The van der Waals surface area contributed by atoms with Crippen LogP contribution in [-0.2, 0) is 19.4 Å². The van der Waals surface area contributed by atoms with E-state index in [1.807, 2.05) is 0 Å². The van der Waals surface area contributed by atoms with Gasteiger partial charge in [0.2, 0.25) is 0 Å². The van der Waals surface area contributed by atoms with Gasteiger partial charge in [-0.3, -0.25) is 4.79 Å². The van der Waals surface area contributed by atoms with Crippen LogP contribution in [0.1, 0.15) is 46.5 Å². The second-order valence-corrected chi connectivity index (χ2v) is 9.44. The van der Waals surface area contributed by atoms with Gasteiger partial charge in [-0.2, -0.15) is 0 Å². The van der Waals surface area contributed by atoms with Crippen LogP contribution in [0, 0.1) is 17.3 Å². The summed E-state index contributed by atoms with van der Waals surface area (Å²) in [6, 6.07) is 0. The molecule has 0 aromatic rings. The van der Waals surface area contributed by atoms with Gasteiger partial charge in [0.1, 0.15) is 0 Å². The topological polar surface area (TPSA) is 86.5 Å². The highest BCUT2D eigenvalue weighted by Gasteiger charge is 2.41. The monoisotopic (exact) mass is 319 g/mol. The molecular weight excluding hydrogens is 290 g/mol. The van der Waals surface area contributed by atoms with Crippen molar-refractivity contribution < 1.29 is 17.9 Å². The molecule has 0 bridgehead atoms. The number of sulfone groups is 1. The summed E-state index contributed by atoms with van der Waals surface area (Å²) in [5, 5.41) is -0.426. The zero-order chi connectivity index (χ0) is 16.3. The average molecular weight is 319 g/mol. The van der Waals surface area contributed by atoms with Crippen LogP contribution >= 0.6 is 0 Å². The lowest BCUT2D eigenvalue weighted by Gasteiger charge is -2.41. The molecule has 1 aliphatic rings. The van der Waals surface area contributed by atoms with E-state index in [4.69, 9.17) is 5.73 Å². The number of hydrogen-bond donors (Lipinski definition) is 1. The Morgan fingerprint density at radius 1 is 1.29 bits per heavy atom. The first-order chi connectivity index (χ1) is 9.61. The lowest BCUT2D eigenvalue weighted by molar-refractivity contribution is -0.140. The molecule has 0 amide bonds. The Bertz CT molecular complexity index is 453. The van der Waals surface area contributed by atoms with E-state index in [-0.39, 0.29) is 23.5 Å². The summed E-state index contributed by atoms with van der Waals surface area (Å²) < 4.78 is 29.7. The standard InChI is InChI=1S/C15H29NO4S/c1-15(2,3)12-6-5-11(10-16)13(9-12)21(18,19)8-7-14(17)20-4/h11-13H,5-10,16H2,1-4H3. The van der Waals surface area contributed by atoms with Gasteiger partial charge in [-0.05, 0) is 43.1 Å². The van der Waals surface area contributed by atoms with Crippen LogP contribution in [0.4, 0.5) is 0 Å². The van der Waals surface area contributed by atoms with Gasteiger partial charge >= 0.3 is 5.97 Å². The predicted molar refractivity (Wildman–Crippen MR) is 83.5 cm³/mol. The van der Waals surface area contributed by atoms with Crippen molar-refractivity contribution in [1.29, 1.82) is 0 Å². The van der Waals surface area contributed by atoms with E-state index in [0.717, 1.165) is 12.8 Å². The average Bonchev–Trinajstić information content (AvgIpc) is 2.43. The van der Waals surface area contributed by atoms with E-state index in [0.29, 0.717) is 18.9 Å². The van der Waals surface area contributed by atoms with Gasteiger partial charge in [-0.25, -0.2) is 8.42 Å². The number of rotatable bonds is 5. The van der Waals surface area contributed by atoms with Crippen molar-refractivity contribution in [2.45, 2.75) is 51.7 Å². The van der Waals surface area contributed by atoms with Gasteiger partial charge < -0.3 is 10.5 Å². The maximum Gasteiger partial charge on any atom is 0.306 e. The van der Waals surface area contributed by atoms with Gasteiger partial charge in [0, 0.05) is 0 Å². The first kappa shape index (κ1) is 18.4. The third-order valence-electron chi connectivity index (χ3n) is 4.74. The summed E-state index contributed by atoms with van der Waals surface area (Å²) in [5.74, 6) is -0.243. The Hall–Kier alpha value is -0.620. The van der Waals surface area contributed by atoms with E-state index in [9.17, 15) is 13.2 Å². The fourth-order valence-corrected chi connectivity index (χ4v) is 5.28. The van der Waals surface area contributed by atoms with E-state index in [1.165, 1.54) is 7.11 Å². The van der Waals surface area contributed by atoms with Crippen molar-refractivity contribution >= 4 is 15.8 Å². The molecule has 0 saturated heterocycles. The minimum absolute atomic E-state index is 0.00578. The highest BCUT2D eigenvalue weighted by molar-refractivity contribution is 7.92. The zero-order valence-electron chi connectivity index (χ0n) is 13.6. The van der Waals surface area contributed by atoms with Crippen molar-refractivity contribution in [1.82, 2.24) is 0 Å². The number of nitrogens with two attached hydrogens (primary N) is 1. The van der Waals surface area contributed by atoms with E-state index < -0.39 is 21.1 Å². The van der Waals surface area contributed by atoms with Crippen LogP contribution in [-0.4, -0.2) is 39.0 Å². The number of methoxy groups -OCH3 is 1. The second kappa shape index (κ2) is 7.09. The van der Waals surface area contributed by atoms with Crippen LogP contribution in [0.25, 0.3) is 0 Å². The fourth-order valence-electron chi connectivity index (χ4n) is 3.17. The molecule has 1 aliphatic carbocycles. The third kappa shape index (κ3) is 4.95. The first-order valence-corrected chi connectivity index (χ1v) is 9.31. The molecule has 124 valence electrons. The maximum absolute atomic E-state index is 12.6. The number of carbonyl (C=O) groups excluding carboxylic acids is 1. The van der Waals surface area contributed by atoms with Crippen LogP contribution < -0.4 is 5.73 Å². The molecule has 1 fully saturated rings. The van der Waals surface area contributed by atoms with Crippen LogP contribution in [0.15, 0.2) is 0 Å². The van der Waals surface area contributed by atoms with Gasteiger partial charge in [0.05, 0.1) is 24.5 Å². The van der Waals surface area contributed by atoms with Crippen molar-refractivity contribution in [3.05, 3.63) is 0 Å². The summed E-state index contributed by atoms with van der Waals surface area (Å²) in [6.45, 7) is 6.84. The normalized spacial score (nSPS) is 27.4. The molecule has 1 rings (SSSR count). The number of esters is 1. The number of hydrogen-bond acceptors (Lipinski definition) is 5. The Balaban J connectivity index is 2.85. The van der Waals surface area contributed by atoms with Crippen molar-refractivity contribution in [2.75, 3.05) is 19.4 Å². The largest absolute Gasteiger partial charge is 0.469 e. The summed E-state index contributed by atoms with van der Waals surface area (Å²) in [7, 11) is -2.05. The van der Waals surface area contributed by atoms with Crippen LogP contribution in [0.5, 0.6) is 0 Å². The van der Waals surface area contributed by atoms with Crippen molar-refractivity contribution in [2.24, 2.45) is 23.0 Å². The fraction of sp³-hybridized carbons (Fsp3) is 0.933. The minimum Gasteiger partial charge on any atom is -0.469 e. The summed E-state index contributed by atoms with van der Waals surface area (Å²) in [6.07, 6.45) is 2.44. The highest BCUT2D eigenvalue weighted by atomic mass is 32.2. The summed E-state index contributed by atoms with van der Waals surface area (Å²) in [5.41, 5.74) is 5.86. The molecule has 2 N–H and O–H groups in total. The van der Waals surface area contributed by atoms with E-state index >= 15 is 0 Å². The van der Waals surface area contributed by atoms with Crippen LogP contribution in [0.2, 0.25) is 0 Å². The highest BCUT2D eigenvalue weighted by Crippen LogP contribution is 2.42. The molecule has 21 heavy (non-hydrogen) atoms. The number of carbonyl (C=O) groups is 1. The van der Waals surface area contributed by atoms with E-state index in [2.05, 4.69) is 25.5 Å². The minimum atomic E-state index is -3.32. The Labute approximate surface area is 128 Å². The van der Waals surface area contributed by atoms with Gasteiger partial charge in [0.15, 0.2) is 9.84 Å². The summed E-state index contributed by atoms with van der Waals surface area (Å²) >= 11 is 0. The number of ether oxygens (including phenoxy) is 1. The van der Waals surface area contributed by atoms with Gasteiger partial charge in [-0.1, -0.05) is 20.8 Å². The lowest BCUT2D eigenvalue weighted by atomic mass is 9.69. The SMILES string of the molecule is COC(=O)CCS(=O)(=O)C1CC(C(C)(C)C)CCC1CN. The van der Waals surface area contributed by atoms with Crippen molar-refractivity contribution in [3.63, 3.8) is 0 Å². The smallest absolute Gasteiger partial charge is 0.306 e. The quantitative estimate of drug-likeness (QED) is 0.780. The Morgan fingerprint density at radius 2 is 1.90 bits per heavy atom. The lowest BCUT2D eigenvalue weighted by Crippen LogP contribution is -2.43. The molecule has 3 atom stereocenters. The van der Waals surface area contributed by atoms with Crippen LogP contribution in [0.3, 0.4) is 0 Å². The Morgan fingerprint density at radius 3 is 2.38 bits per heavy atom. The third-order valence-corrected chi connectivity index (χ3v) is 7.01. The van der Waals surface area contributed by atoms with Gasteiger partial charge in [-0.15, -0.1) is 0 Å². The Kier molecular flexibility index (Phi) is 6.23. The molecule has 0 aromatic carbocycles. The van der Waals surface area contributed by atoms with E-state index in [1.54, 1.807) is 0 Å². The first-order valence-electron chi connectivity index (χ1n) is 7.60. The molecule has 3 unspecified atom stereocenters. The molecule has 5 nitrogen and oxygen atoms in total. The van der Waals surface area contributed by atoms with Gasteiger partial charge in [0.25, 0.3) is 0 Å². The molecule has 0 aromatic heterocycles. The predicted octanol–water partition coefficient (Wildman–Crippen LogP) is 1.75. The molecule has 6 heteroatoms. The molecule has 0 radical (unpaired) electrons. The molecule has 0 aliphatic heterocycles. The summed E-state index contributed by atoms with van der Waals surface area (Å²) in [4.78, 5) is 11.2. The zero-order valence-corrected chi connectivity index (χ0v) is 14.4. The second-order valence-electron chi connectivity index (χ2n) is 7.10. The molecule has 0 heterocycles. The molecular formula is C15H29NO4S. The molecule has 1 saturated carbocycles. The van der Waals surface area contributed by atoms with Crippen molar-refractivity contribution in [3.8, 4) is 0 Å². The molecule has 0 spiro atoms.